The second-order valence-corrected chi connectivity index (χ2v) is 5.78. The third-order valence-corrected chi connectivity index (χ3v) is 3.68. The van der Waals surface area contributed by atoms with E-state index in [-0.39, 0.29) is 19.4 Å². The lowest BCUT2D eigenvalue weighted by molar-refractivity contribution is -0.148. The van der Waals surface area contributed by atoms with E-state index in [1.54, 1.807) is 0 Å². The van der Waals surface area contributed by atoms with Crippen LogP contribution in [0.1, 0.15) is 57.4 Å². The standard InChI is InChI=1S/C11H12O4.C7H14/c12-10(13)6-7-11(14)15-8-9-4-2-1-3-5-9;1-7-5-3-2-4-6-7/h1-5H,6-8H2,(H,12,13);7H,2-6H2,1H3. The molecule has 4 nitrogen and oxygen atoms in total. The molecule has 0 radical (unpaired) electrons. The Morgan fingerprint density at radius 2 is 1.73 bits per heavy atom. The molecule has 0 amide bonds. The molecule has 0 unspecified atom stereocenters. The molecule has 2 rings (SSSR count). The molecule has 0 saturated heterocycles. The van der Waals surface area contributed by atoms with Crippen LogP contribution in [-0.2, 0) is 20.9 Å². The predicted octanol–water partition coefficient (Wildman–Crippen LogP) is 4.18. The lowest BCUT2D eigenvalue weighted by Gasteiger charge is -2.15. The van der Waals surface area contributed by atoms with Crippen LogP contribution in [-0.4, -0.2) is 17.0 Å². The van der Waals surface area contributed by atoms with Crippen molar-refractivity contribution in [3.05, 3.63) is 35.9 Å². The van der Waals surface area contributed by atoms with Gasteiger partial charge in [0.05, 0.1) is 12.8 Å². The number of ether oxygens (including phenoxy) is 1. The zero-order chi connectivity index (χ0) is 16.2. The molecule has 0 heterocycles. The molecule has 1 aliphatic rings. The number of rotatable bonds is 5. The van der Waals surface area contributed by atoms with Gasteiger partial charge in [-0.2, -0.15) is 0 Å². The SMILES string of the molecule is CC1CCCCC1.O=C(O)CCC(=O)OCc1ccccc1. The fourth-order valence-electron chi connectivity index (χ4n) is 2.33. The number of esters is 1. The number of hydrogen-bond acceptors (Lipinski definition) is 3. The molecule has 22 heavy (non-hydrogen) atoms. The van der Waals surface area contributed by atoms with Gasteiger partial charge < -0.3 is 9.84 Å². The molecule has 1 fully saturated rings. The first-order valence-corrected chi connectivity index (χ1v) is 7.99. The van der Waals surface area contributed by atoms with Gasteiger partial charge >= 0.3 is 11.9 Å². The quantitative estimate of drug-likeness (QED) is 0.829. The Hall–Kier alpha value is -1.84. The summed E-state index contributed by atoms with van der Waals surface area (Å²) >= 11 is 0. The first kappa shape index (κ1) is 18.2. The number of aliphatic carboxylic acids is 1. The van der Waals surface area contributed by atoms with Crippen LogP contribution >= 0.6 is 0 Å². The molecule has 0 bridgehead atoms. The molecule has 0 atom stereocenters. The van der Waals surface area contributed by atoms with Gasteiger partial charge in [0.2, 0.25) is 0 Å². The van der Waals surface area contributed by atoms with Crippen LogP contribution in [0.3, 0.4) is 0 Å². The van der Waals surface area contributed by atoms with Crippen LogP contribution in [0.15, 0.2) is 30.3 Å². The molecule has 0 spiro atoms. The van der Waals surface area contributed by atoms with Gasteiger partial charge in [0.1, 0.15) is 6.61 Å². The van der Waals surface area contributed by atoms with Gasteiger partial charge in [-0.3, -0.25) is 9.59 Å². The molecule has 1 N–H and O–H groups in total. The van der Waals surface area contributed by atoms with Crippen LogP contribution in [0.25, 0.3) is 0 Å². The van der Waals surface area contributed by atoms with Crippen molar-refractivity contribution in [2.24, 2.45) is 5.92 Å². The van der Waals surface area contributed by atoms with Crippen LogP contribution in [0, 0.1) is 5.92 Å². The lowest BCUT2D eigenvalue weighted by Crippen LogP contribution is -2.07. The molecule has 0 aliphatic heterocycles. The third-order valence-electron chi connectivity index (χ3n) is 3.68. The average Bonchev–Trinajstić information content (AvgIpc) is 2.53. The zero-order valence-electron chi connectivity index (χ0n) is 13.3. The Morgan fingerprint density at radius 3 is 2.23 bits per heavy atom. The maximum Gasteiger partial charge on any atom is 0.306 e. The Balaban J connectivity index is 0.000000287. The summed E-state index contributed by atoms with van der Waals surface area (Å²) < 4.78 is 4.88. The summed E-state index contributed by atoms with van der Waals surface area (Å²) in [6.45, 7) is 2.55. The minimum Gasteiger partial charge on any atom is -0.481 e. The number of carboxylic acid groups (broad SMARTS) is 1. The summed E-state index contributed by atoms with van der Waals surface area (Å²) in [7, 11) is 0. The fraction of sp³-hybridized carbons (Fsp3) is 0.556. The van der Waals surface area contributed by atoms with E-state index < -0.39 is 11.9 Å². The van der Waals surface area contributed by atoms with Crippen molar-refractivity contribution in [2.75, 3.05) is 0 Å². The van der Waals surface area contributed by atoms with Gasteiger partial charge in [0, 0.05) is 0 Å². The van der Waals surface area contributed by atoms with Crippen LogP contribution < -0.4 is 0 Å². The fourth-order valence-corrected chi connectivity index (χ4v) is 2.33. The van der Waals surface area contributed by atoms with E-state index in [1.165, 1.54) is 32.1 Å². The Kier molecular flexibility index (Phi) is 8.96. The summed E-state index contributed by atoms with van der Waals surface area (Å²) in [6, 6.07) is 9.24. The van der Waals surface area contributed by atoms with Gasteiger partial charge in [-0.1, -0.05) is 69.4 Å². The summed E-state index contributed by atoms with van der Waals surface area (Å²) in [5, 5.41) is 8.34. The number of benzene rings is 1. The van der Waals surface area contributed by atoms with Gasteiger partial charge in [0.25, 0.3) is 0 Å². The van der Waals surface area contributed by atoms with Crippen LogP contribution in [0.5, 0.6) is 0 Å². The molecule has 1 aromatic carbocycles. The van der Waals surface area contributed by atoms with Crippen molar-refractivity contribution in [3.8, 4) is 0 Å². The van der Waals surface area contributed by atoms with Gasteiger partial charge in [0.15, 0.2) is 0 Å². The van der Waals surface area contributed by atoms with Gasteiger partial charge in [-0.25, -0.2) is 0 Å². The summed E-state index contributed by atoms with van der Waals surface area (Å²) in [4.78, 5) is 21.2. The number of hydrogen-bond donors (Lipinski definition) is 1. The largest absolute Gasteiger partial charge is 0.481 e. The monoisotopic (exact) mass is 306 g/mol. The van der Waals surface area contributed by atoms with E-state index in [9.17, 15) is 9.59 Å². The highest BCUT2D eigenvalue weighted by molar-refractivity contribution is 5.76. The lowest BCUT2D eigenvalue weighted by atomic mass is 9.91. The second-order valence-electron chi connectivity index (χ2n) is 5.78. The van der Waals surface area contributed by atoms with Crippen LogP contribution in [0.4, 0.5) is 0 Å². The highest BCUT2D eigenvalue weighted by Gasteiger charge is 2.06. The summed E-state index contributed by atoms with van der Waals surface area (Å²) in [5.74, 6) is -0.443. The third kappa shape index (κ3) is 9.16. The van der Waals surface area contributed by atoms with Crippen molar-refractivity contribution >= 4 is 11.9 Å². The molecular formula is C18H26O4. The topological polar surface area (TPSA) is 63.6 Å². The first-order chi connectivity index (χ1) is 10.6. The van der Waals surface area contributed by atoms with Crippen molar-refractivity contribution < 1.29 is 19.4 Å². The minimum atomic E-state index is -0.994. The smallest absolute Gasteiger partial charge is 0.306 e. The predicted molar refractivity (Wildman–Crippen MR) is 85.4 cm³/mol. The highest BCUT2D eigenvalue weighted by Crippen LogP contribution is 2.22. The van der Waals surface area contributed by atoms with Crippen molar-refractivity contribution in [2.45, 2.75) is 58.5 Å². The van der Waals surface area contributed by atoms with E-state index in [0.29, 0.717) is 0 Å². The van der Waals surface area contributed by atoms with Crippen molar-refractivity contribution in [1.82, 2.24) is 0 Å². The Labute approximate surface area is 132 Å². The van der Waals surface area contributed by atoms with Gasteiger partial charge in [-0.15, -0.1) is 0 Å². The highest BCUT2D eigenvalue weighted by atomic mass is 16.5. The van der Waals surface area contributed by atoms with E-state index in [0.717, 1.165) is 11.5 Å². The van der Waals surface area contributed by atoms with E-state index >= 15 is 0 Å². The molecule has 1 aliphatic carbocycles. The van der Waals surface area contributed by atoms with E-state index in [1.807, 2.05) is 30.3 Å². The van der Waals surface area contributed by atoms with Crippen molar-refractivity contribution in [1.29, 1.82) is 0 Å². The van der Waals surface area contributed by atoms with Crippen molar-refractivity contribution in [3.63, 3.8) is 0 Å². The molecule has 122 valence electrons. The molecular weight excluding hydrogens is 280 g/mol. The summed E-state index contributed by atoms with van der Waals surface area (Å²) in [6.07, 6.45) is 7.17. The zero-order valence-corrected chi connectivity index (χ0v) is 13.3. The maximum absolute atomic E-state index is 11.0. The molecule has 0 aromatic heterocycles. The Morgan fingerprint density at radius 1 is 1.09 bits per heavy atom. The summed E-state index contributed by atoms with van der Waals surface area (Å²) in [5.41, 5.74) is 0.890. The molecule has 1 aromatic rings. The Bertz CT molecular complexity index is 436. The normalized spacial score (nSPS) is 14.6. The molecule has 1 saturated carbocycles. The average molecular weight is 306 g/mol. The first-order valence-electron chi connectivity index (χ1n) is 7.99. The van der Waals surface area contributed by atoms with E-state index in [4.69, 9.17) is 9.84 Å². The number of carboxylic acids is 1. The second kappa shape index (κ2) is 10.8. The van der Waals surface area contributed by atoms with Gasteiger partial charge in [-0.05, 0) is 11.5 Å². The number of carbonyl (C=O) groups is 2. The van der Waals surface area contributed by atoms with Crippen LogP contribution in [0.2, 0.25) is 0 Å². The maximum atomic E-state index is 11.0. The van der Waals surface area contributed by atoms with E-state index in [2.05, 4.69) is 6.92 Å². The minimum absolute atomic E-state index is 0.0812. The number of carbonyl (C=O) groups excluding carboxylic acids is 1. The molecule has 4 heteroatoms.